The van der Waals surface area contributed by atoms with E-state index in [9.17, 15) is 24.3 Å². The van der Waals surface area contributed by atoms with Gasteiger partial charge in [0, 0.05) is 14.7 Å². The Morgan fingerprint density at radius 3 is 1.76 bits per heavy atom. The molecule has 1 atom stereocenters. The number of hydrogen-bond donors (Lipinski definition) is 2. The van der Waals surface area contributed by atoms with Crippen LogP contribution in [0.4, 0.5) is 0 Å². The Morgan fingerprint density at radius 2 is 1.34 bits per heavy atom. The smallest absolute Gasteiger partial charge is 0.263 e. The van der Waals surface area contributed by atoms with E-state index in [1.165, 1.54) is 12.1 Å². The summed E-state index contributed by atoms with van der Waals surface area (Å²) in [6.45, 7) is 5.86. The molecule has 10 heteroatoms. The van der Waals surface area contributed by atoms with Crippen molar-refractivity contribution in [2.24, 2.45) is 0 Å². The van der Waals surface area contributed by atoms with E-state index < -0.39 is 43.0 Å². The average Bonchev–Trinajstić information content (AvgIpc) is 3.03. The van der Waals surface area contributed by atoms with Gasteiger partial charge in [0.05, 0.1) is 40.8 Å². The standard InChI is InChI=1S/C19H24N2O7Si/c1-29(2,3)5-4-28-10-21-18(26)14-6-12-13(7-15(14)19(21)27)17(25)20(16(12)24)8-11(23)9-22/h6-7,11,22-23H,4-5,8-10H2,1-3H3. The summed E-state index contributed by atoms with van der Waals surface area (Å²) >= 11 is 0. The second kappa shape index (κ2) is 7.79. The van der Waals surface area contributed by atoms with E-state index in [1.54, 1.807) is 0 Å². The lowest BCUT2D eigenvalue weighted by molar-refractivity contribution is 0.0800. The molecule has 0 saturated carbocycles. The van der Waals surface area contributed by atoms with Crippen molar-refractivity contribution in [3.8, 4) is 0 Å². The van der Waals surface area contributed by atoms with Gasteiger partial charge < -0.3 is 14.9 Å². The molecule has 3 aromatic rings. The number of nitrogens with zero attached hydrogens (tertiary/aromatic N) is 2. The Kier molecular flexibility index (Phi) is 5.72. The molecular formula is C19H24N2O7Si. The van der Waals surface area contributed by atoms with Gasteiger partial charge in [-0.25, -0.2) is 4.57 Å². The van der Waals surface area contributed by atoms with Crippen molar-refractivity contribution in [3.63, 3.8) is 0 Å². The highest BCUT2D eigenvalue weighted by Gasteiger charge is 2.20. The Hall–Kier alpha value is -2.40. The number of ether oxygens (including phenoxy) is 1. The van der Waals surface area contributed by atoms with Gasteiger partial charge in [-0.15, -0.1) is 0 Å². The first-order chi connectivity index (χ1) is 13.5. The molecule has 2 aromatic heterocycles. The summed E-state index contributed by atoms with van der Waals surface area (Å²) in [6.07, 6.45) is -1.27. The highest BCUT2D eigenvalue weighted by Crippen LogP contribution is 2.15. The van der Waals surface area contributed by atoms with Gasteiger partial charge in [-0.2, -0.15) is 0 Å². The summed E-state index contributed by atoms with van der Waals surface area (Å²) < 4.78 is 7.27. The number of hydrogen-bond acceptors (Lipinski definition) is 7. The van der Waals surface area contributed by atoms with Crippen LogP contribution in [0.15, 0.2) is 31.3 Å². The molecule has 2 N–H and O–H groups in total. The molecule has 29 heavy (non-hydrogen) atoms. The molecule has 0 radical (unpaired) electrons. The molecule has 0 aliphatic heterocycles. The van der Waals surface area contributed by atoms with Crippen LogP contribution in [0.25, 0.3) is 21.5 Å². The van der Waals surface area contributed by atoms with E-state index in [0.717, 1.165) is 15.2 Å². The fourth-order valence-electron chi connectivity index (χ4n) is 3.16. The Morgan fingerprint density at radius 1 is 0.897 bits per heavy atom. The largest absolute Gasteiger partial charge is 0.394 e. The SMILES string of the molecule is C[Si](C)(C)CCOCn1c(=O)c2cc3c(=O)n(CC(O)CO)c(=O)c3cc2c1=O. The van der Waals surface area contributed by atoms with Gasteiger partial charge in [0.2, 0.25) is 0 Å². The maximum Gasteiger partial charge on any atom is 0.263 e. The van der Waals surface area contributed by atoms with Crippen LogP contribution < -0.4 is 22.2 Å². The molecule has 0 saturated heterocycles. The summed E-state index contributed by atoms with van der Waals surface area (Å²) in [4.78, 5) is 50.3. The normalized spacial score (nSPS) is 13.6. The van der Waals surface area contributed by atoms with Crippen molar-refractivity contribution >= 4 is 29.6 Å². The lowest BCUT2D eigenvalue weighted by Gasteiger charge is -2.15. The summed E-state index contributed by atoms with van der Waals surface area (Å²) in [7, 11) is -1.31. The molecule has 3 rings (SSSR count). The van der Waals surface area contributed by atoms with Gasteiger partial charge in [0.1, 0.15) is 6.73 Å². The van der Waals surface area contributed by atoms with Gasteiger partial charge in [-0.05, 0) is 18.2 Å². The first-order valence-electron chi connectivity index (χ1n) is 9.32. The third kappa shape index (κ3) is 4.01. The van der Waals surface area contributed by atoms with Crippen molar-refractivity contribution < 1.29 is 14.9 Å². The first-order valence-corrected chi connectivity index (χ1v) is 13.0. The van der Waals surface area contributed by atoms with E-state index in [1.807, 2.05) is 0 Å². The minimum atomic E-state index is -1.31. The first kappa shape index (κ1) is 21.3. The zero-order chi connectivity index (χ0) is 21.5. The molecule has 1 aromatic carbocycles. The second-order valence-electron chi connectivity index (χ2n) is 8.39. The number of aliphatic hydroxyl groups excluding tert-OH is 2. The monoisotopic (exact) mass is 420 g/mol. The minimum absolute atomic E-state index is 0.00143. The van der Waals surface area contributed by atoms with Crippen molar-refractivity contribution in [1.82, 2.24) is 9.13 Å². The zero-order valence-electron chi connectivity index (χ0n) is 16.6. The molecule has 0 fully saturated rings. The Balaban J connectivity index is 2.03. The van der Waals surface area contributed by atoms with Crippen LogP contribution in [0.3, 0.4) is 0 Å². The molecule has 0 bridgehead atoms. The number of rotatable bonds is 8. The third-order valence-electron chi connectivity index (χ3n) is 4.88. The van der Waals surface area contributed by atoms with Crippen LogP contribution in [0.1, 0.15) is 0 Å². The van der Waals surface area contributed by atoms with E-state index in [4.69, 9.17) is 9.84 Å². The molecule has 9 nitrogen and oxygen atoms in total. The maximum atomic E-state index is 12.6. The lowest BCUT2D eigenvalue weighted by atomic mass is 10.1. The van der Waals surface area contributed by atoms with Crippen LogP contribution in [0.2, 0.25) is 25.7 Å². The van der Waals surface area contributed by atoms with E-state index in [0.29, 0.717) is 6.61 Å². The van der Waals surface area contributed by atoms with Gasteiger partial charge in [0.25, 0.3) is 22.2 Å². The quantitative estimate of drug-likeness (QED) is 0.374. The third-order valence-corrected chi connectivity index (χ3v) is 6.58. The molecule has 1 unspecified atom stereocenters. The maximum absolute atomic E-state index is 12.6. The van der Waals surface area contributed by atoms with Crippen LogP contribution >= 0.6 is 0 Å². The van der Waals surface area contributed by atoms with Gasteiger partial charge >= 0.3 is 0 Å². The molecule has 156 valence electrons. The molecule has 0 aliphatic rings. The van der Waals surface area contributed by atoms with Gasteiger partial charge in [-0.3, -0.25) is 23.7 Å². The Bertz CT molecular complexity index is 1180. The predicted molar refractivity (Wildman–Crippen MR) is 112 cm³/mol. The highest BCUT2D eigenvalue weighted by molar-refractivity contribution is 6.76. The summed E-state index contributed by atoms with van der Waals surface area (Å²) in [5.74, 6) is 0. The molecule has 0 spiro atoms. The number of aromatic nitrogens is 2. The summed E-state index contributed by atoms with van der Waals surface area (Å²) in [6, 6.07) is 3.39. The van der Waals surface area contributed by atoms with Crippen molar-refractivity contribution in [2.75, 3.05) is 13.2 Å². The average molecular weight is 420 g/mol. The van der Waals surface area contributed by atoms with E-state index >= 15 is 0 Å². The molecule has 2 heterocycles. The van der Waals surface area contributed by atoms with Gasteiger partial charge in [-0.1, -0.05) is 19.6 Å². The predicted octanol–water partition coefficient (Wildman–Crippen LogP) is -0.422. The number of benzene rings is 1. The van der Waals surface area contributed by atoms with Crippen molar-refractivity contribution in [2.45, 2.75) is 45.1 Å². The van der Waals surface area contributed by atoms with Crippen molar-refractivity contribution in [1.29, 1.82) is 0 Å². The van der Waals surface area contributed by atoms with Crippen LogP contribution in [0.5, 0.6) is 0 Å². The van der Waals surface area contributed by atoms with E-state index in [2.05, 4.69) is 19.6 Å². The fourth-order valence-corrected chi connectivity index (χ4v) is 3.92. The Labute approximate surface area is 166 Å². The van der Waals surface area contributed by atoms with Crippen LogP contribution in [-0.4, -0.2) is 46.7 Å². The van der Waals surface area contributed by atoms with Crippen LogP contribution in [-0.2, 0) is 18.0 Å². The lowest BCUT2D eigenvalue weighted by Crippen LogP contribution is -2.32. The number of fused-ring (bicyclic) bond motifs is 2. The molecule has 0 amide bonds. The number of aliphatic hydroxyl groups is 2. The second-order valence-corrected chi connectivity index (χ2v) is 14.0. The molecular weight excluding hydrogens is 396 g/mol. The van der Waals surface area contributed by atoms with E-state index in [-0.39, 0.29) is 34.8 Å². The fraction of sp³-hybridized carbons (Fsp3) is 0.474. The summed E-state index contributed by atoms with van der Waals surface area (Å²) in [5.41, 5.74) is -2.50. The highest BCUT2D eigenvalue weighted by atomic mass is 28.3. The van der Waals surface area contributed by atoms with Gasteiger partial charge in [0.15, 0.2) is 0 Å². The van der Waals surface area contributed by atoms with Crippen LogP contribution in [0, 0.1) is 0 Å². The molecule has 0 aliphatic carbocycles. The minimum Gasteiger partial charge on any atom is -0.394 e. The van der Waals surface area contributed by atoms with Crippen molar-refractivity contribution in [3.05, 3.63) is 53.5 Å². The topological polar surface area (TPSA) is 128 Å². The zero-order valence-corrected chi connectivity index (χ0v) is 17.6. The summed E-state index contributed by atoms with van der Waals surface area (Å²) in [5, 5.41) is 18.6.